The van der Waals surface area contributed by atoms with E-state index < -0.39 is 0 Å². The maximum absolute atomic E-state index is 6.17. The molecule has 5 heteroatoms. The lowest BCUT2D eigenvalue weighted by atomic mass is 10.2. The standard InChI is InChI=1S/C22H30ClN3O/c1-3-5-12-25(13-6-4-2)14-8-15-26-20-11-10-18(23)17-19(20)24-22(26)21-9-7-16-27-21/h7,9-11,16-17H,3-6,8,12-15H2,1-2H3. The Labute approximate surface area is 167 Å². The van der Waals surface area contributed by atoms with E-state index in [1.165, 1.54) is 38.8 Å². The average Bonchev–Trinajstić information content (AvgIpc) is 3.31. The molecule has 2 aromatic heterocycles. The average molecular weight is 388 g/mol. The molecular formula is C22H30ClN3O. The third kappa shape index (κ3) is 5.14. The molecule has 27 heavy (non-hydrogen) atoms. The van der Waals surface area contributed by atoms with E-state index in [1.54, 1.807) is 6.26 Å². The zero-order chi connectivity index (χ0) is 19.1. The second-order valence-corrected chi connectivity index (χ2v) is 7.54. The van der Waals surface area contributed by atoms with Gasteiger partial charge in [-0.05, 0) is 69.2 Å². The maximum atomic E-state index is 6.17. The van der Waals surface area contributed by atoms with Crippen LogP contribution in [0.5, 0.6) is 0 Å². The fourth-order valence-electron chi connectivity index (χ4n) is 3.47. The number of fused-ring (bicyclic) bond motifs is 1. The molecule has 0 aliphatic carbocycles. The number of furan rings is 1. The molecule has 0 aliphatic rings. The van der Waals surface area contributed by atoms with E-state index in [4.69, 9.17) is 21.0 Å². The second-order valence-electron chi connectivity index (χ2n) is 7.10. The van der Waals surface area contributed by atoms with Crippen LogP contribution < -0.4 is 0 Å². The second kappa shape index (κ2) is 9.95. The minimum absolute atomic E-state index is 0.712. The minimum Gasteiger partial charge on any atom is -0.461 e. The number of halogens is 1. The number of hydrogen-bond acceptors (Lipinski definition) is 3. The van der Waals surface area contributed by atoms with E-state index >= 15 is 0 Å². The highest BCUT2D eigenvalue weighted by atomic mass is 35.5. The normalized spacial score (nSPS) is 11.7. The van der Waals surface area contributed by atoms with Crippen molar-refractivity contribution < 1.29 is 4.42 Å². The molecule has 0 unspecified atom stereocenters. The van der Waals surface area contributed by atoms with Crippen LogP contribution in [0.3, 0.4) is 0 Å². The number of hydrogen-bond donors (Lipinski definition) is 0. The van der Waals surface area contributed by atoms with Crippen LogP contribution in [0.25, 0.3) is 22.6 Å². The lowest BCUT2D eigenvalue weighted by Crippen LogP contribution is -2.28. The quantitative estimate of drug-likeness (QED) is 0.390. The first kappa shape index (κ1) is 20.0. The summed E-state index contributed by atoms with van der Waals surface area (Å²) in [5.74, 6) is 1.68. The van der Waals surface area contributed by atoms with Gasteiger partial charge >= 0.3 is 0 Å². The summed E-state index contributed by atoms with van der Waals surface area (Å²) in [7, 11) is 0. The van der Waals surface area contributed by atoms with Crippen molar-refractivity contribution in [3.63, 3.8) is 0 Å². The number of rotatable bonds is 11. The van der Waals surface area contributed by atoms with Gasteiger partial charge in [-0.3, -0.25) is 0 Å². The van der Waals surface area contributed by atoms with Crippen molar-refractivity contribution >= 4 is 22.6 Å². The van der Waals surface area contributed by atoms with Crippen LogP contribution >= 0.6 is 11.6 Å². The van der Waals surface area contributed by atoms with Gasteiger partial charge in [-0.15, -0.1) is 0 Å². The Morgan fingerprint density at radius 2 is 1.78 bits per heavy atom. The molecule has 2 heterocycles. The SMILES string of the molecule is CCCCN(CCCC)CCCn1c(-c2ccco2)nc2cc(Cl)ccc21. The third-order valence-electron chi connectivity index (χ3n) is 4.96. The molecule has 3 rings (SSSR count). The predicted octanol–water partition coefficient (Wildman–Crippen LogP) is 6.24. The predicted molar refractivity (Wildman–Crippen MR) is 113 cm³/mol. The van der Waals surface area contributed by atoms with Gasteiger partial charge in [0.1, 0.15) is 0 Å². The molecule has 1 aromatic carbocycles. The van der Waals surface area contributed by atoms with Crippen LogP contribution in [0.2, 0.25) is 5.02 Å². The monoisotopic (exact) mass is 387 g/mol. The smallest absolute Gasteiger partial charge is 0.177 e. The maximum Gasteiger partial charge on any atom is 0.177 e. The van der Waals surface area contributed by atoms with Gasteiger partial charge in [0.15, 0.2) is 11.6 Å². The van der Waals surface area contributed by atoms with Crippen molar-refractivity contribution in [2.75, 3.05) is 19.6 Å². The van der Waals surface area contributed by atoms with Crippen LogP contribution in [0, 0.1) is 0 Å². The van der Waals surface area contributed by atoms with E-state index in [0.717, 1.165) is 42.1 Å². The molecule has 0 saturated carbocycles. The molecule has 0 atom stereocenters. The molecule has 0 fully saturated rings. The van der Waals surface area contributed by atoms with Gasteiger partial charge in [0.2, 0.25) is 0 Å². The van der Waals surface area contributed by atoms with Crippen molar-refractivity contribution in [3.05, 3.63) is 41.6 Å². The number of imidazole rings is 1. The zero-order valence-electron chi connectivity index (χ0n) is 16.5. The Hall–Kier alpha value is -1.78. The number of aromatic nitrogens is 2. The molecule has 3 aromatic rings. The largest absolute Gasteiger partial charge is 0.461 e. The van der Waals surface area contributed by atoms with Gasteiger partial charge in [-0.2, -0.15) is 0 Å². The summed E-state index contributed by atoms with van der Waals surface area (Å²) >= 11 is 6.17. The van der Waals surface area contributed by atoms with E-state index in [2.05, 4.69) is 29.4 Å². The summed E-state index contributed by atoms with van der Waals surface area (Å²) in [5.41, 5.74) is 2.03. The van der Waals surface area contributed by atoms with Gasteiger partial charge in [-0.25, -0.2) is 4.98 Å². The van der Waals surface area contributed by atoms with Crippen LogP contribution in [0.1, 0.15) is 46.0 Å². The molecule has 0 saturated heterocycles. The Bertz CT molecular complexity index is 818. The van der Waals surface area contributed by atoms with Crippen LogP contribution in [0.15, 0.2) is 41.0 Å². The van der Waals surface area contributed by atoms with Crippen LogP contribution in [-0.4, -0.2) is 34.1 Å². The van der Waals surface area contributed by atoms with E-state index in [-0.39, 0.29) is 0 Å². The summed E-state index contributed by atoms with van der Waals surface area (Å²) in [6.45, 7) is 8.95. The summed E-state index contributed by atoms with van der Waals surface area (Å²) in [5, 5.41) is 0.712. The first-order chi connectivity index (χ1) is 13.2. The van der Waals surface area contributed by atoms with Crippen molar-refractivity contribution in [1.29, 1.82) is 0 Å². The lowest BCUT2D eigenvalue weighted by molar-refractivity contribution is 0.258. The first-order valence-corrected chi connectivity index (χ1v) is 10.5. The Morgan fingerprint density at radius 3 is 2.44 bits per heavy atom. The third-order valence-corrected chi connectivity index (χ3v) is 5.20. The highest BCUT2D eigenvalue weighted by Crippen LogP contribution is 2.27. The molecule has 146 valence electrons. The molecule has 4 nitrogen and oxygen atoms in total. The molecule has 0 radical (unpaired) electrons. The molecular weight excluding hydrogens is 358 g/mol. The molecule has 0 aliphatic heterocycles. The van der Waals surface area contributed by atoms with Gasteiger partial charge in [0, 0.05) is 11.6 Å². The summed E-state index contributed by atoms with van der Waals surface area (Å²) in [6, 6.07) is 9.79. The fourth-order valence-corrected chi connectivity index (χ4v) is 3.64. The first-order valence-electron chi connectivity index (χ1n) is 10.1. The number of nitrogens with zero attached hydrogens (tertiary/aromatic N) is 3. The van der Waals surface area contributed by atoms with Crippen molar-refractivity contribution in [2.45, 2.75) is 52.5 Å². The van der Waals surface area contributed by atoms with E-state index in [9.17, 15) is 0 Å². The van der Waals surface area contributed by atoms with Gasteiger partial charge < -0.3 is 13.9 Å². The molecule has 0 amide bonds. The molecule has 0 bridgehead atoms. The van der Waals surface area contributed by atoms with E-state index in [0.29, 0.717) is 5.02 Å². The van der Waals surface area contributed by atoms with Crippen molar-refractivity contribution in [3.8, 4) is 11.6 Å². The minimum atomic E-state index is 0.712. The lowest BCUT2D eigenvalue weighted by Gasteiger charge is -2.22. The topological polar surface area (TPSA) is 34.2 Å². The number of unbranched alkanes of at least 4 members (excludes halogenated alkanes) is 2. The van der Waals surface area contributed by atoms with E-state index in [1.807, 2.05) is 24.3 Å². The Balaban J connectivity index is 1.76. The highest BCUT2D eigenvalue weighted by molar-refractivity contribution is 6.31. The summed E-state index contributed by atoms with van der Waals surface area (Å²) in [4.78, 5) is 7.39. The van der Waals surface area contributed by atoms with Crippen molar-refractivity contribution in [1.82, 2.24) is 14.5 Å². The number of benzene rings is 1. The van der Waals surface area contributed by atoms with Gasteiger partial charge in [0.25, 0.3) is 0 Å². The molecule has 0 spiro atoms. The summed E-state index contributed by atoms with van der Waals surface area (Å²) in [6.07, 6.45) is 7.83. The van der Waals surface area contributed by atoms with Crippen LogP contribution in [-0.2, 0) is 6.54 Å². The molecule has 0 N–H and O–H groups in total. The summed E-state index contributed by atoms with van der Waals surface area (Å²) < 4.78 is 7.89. The van der Waals surface area contributed by atoms with Crippen molar-refractivity contribution in [2.24, 2.45) is 0 Å². The number of aryl methyl sites for hydroxylation is 1. The Morgan fingerprint density at radius 1 is 1.04 bits per heavy atom. The van der Waals surface area contributed by atoms with Gasteiger partial charge in [-0.1, -0.05) is 38.3 Å². The fraction of sp³-hybridized carbons (Fsp3) is 0.500. The highest BCUT2D eigenvalue weighted by Gasteiger charge is 2.15. The van der Waals surface area contributed by atoms with Crippen LogP contribution in [0.4, 0.5) is 0 Å². The van der Waals surface area contributed by atoms with Gasteiger partial charge in [0.05, 0.1) is 17.3 Å². The Kier molecular flexibility index (Phi) is 7.36. The zero-order valence-corrected chi connectivity index (χ0v) is 17.2.